The number of esters is 1. The van der Waals surface area contributed by atoms with Gasteiger partial charge in [0.15, 0.2) is 5.13 Å². The van der Waals surface area contributed by atoms with Gasteiger partial charge in [0, 0.05) is 13.1 Å². The predicted molar refractivity (Wildman–Crippen MR) is 103 cm³/mol. The largest absolute Gasteiger partial charge is 0.466 e. The Balaban J connectivity index is 1.66. The molecule has 2 heterocycles. The van der Waals surface area contributed by atoms with E-state index in [0.29, 0.717) is 26.2 Å². The summed E-state index contributed by atoms with van der Waals surface area (Å²) in [5.74, 6) is -0.256. The van der Waals surface area contributed by atoms with Gasteiger partial charge in [-0.15, -0.1) is 0 Å². The van der Waals surface area contributed by atoms with Gasteiger partial charge in [0.05, 0.1) is 29.3 Å². The number of likely N-dealkylation sites (tertiary alicyclic amines) is 1. The van der Waals surface area contributed by atoms with Crippen molar-refractivity contribution in [3.05, 3.63) is 24.3 Å². The molecule has 1 aromatic heterocycles. The van der Waals surface area contributed by atoms with E-state index in [4.69, 9.17) is 4.74 Å². The average molecular weight is 375 g/mol. The monoisotopic (exact) mass is 375 g/mol. The van der Waals surface area contributed by atoms with Crippen molar-refractivity contribution >= 4 is 38.6 Å². The first-order valence-corrected chi connectivity index (χ1v) is 9.99. The molecule has 2 aromatic rings. The van der Waals surface area contributed by atoms with Gasteiger partial charge < -0.3 is 4.74 Å². The van der Waals surface area contributed by atoms with Crippen molar-refractivity contribution in [1.29, 1.82) is 0 Å². The zero-order valence-corrected chi connectivity index (χ0v) is 16.1. The number of carbonyl (C=O) groups excluding carboxylic acids is 2. The third-order valence-corrected chi connectivity index (χ3v) is 5.67. The fraction of sp³-hybridized carbons (Fsp3) is 0.526. The molecule has 26 heavy (non-hydrogen) atoms. The van der Waals surface area contributed by atoms with E-state index in [1.165, 1.54) is 11.3 Å². The molecule has 3 rings (SSSR count). The molecule has 6 nitrogen and oxygen atoms in total. The second-order valence-electron chi connectivity index (χ2n) is 6.43. The van der Waals surface area contributed by atoms with E-state index in [1.807, 2.05) is 38.1 Å². The average Bonchev–Trinajstić information content (AvgIpc) is 3.06. The Bertz CT molecular complexity index is 743. The van der Waals surface area contributed by atoms with E-state index in [0.717, 1.165) is 34.7 Å². The topological polar surface area (TPSA) is 62.7 Å². The highest BCUT2D eigenvalue weighted by molar-refractivity contribution is 7.22. The number of anilines is 1. The van der Waals surface area contributed by atoms with E-state index in [2.05, 4.69) is 9.88 Å². The molecule has 1 aliphatic rings. The Morgan fingerprint density at radius 1 is 1.35 bits per heavy atom. The lowest BCUT2D eigenvalue weighted by atomic mass is 9.98. The van der Waals surface area contributed by atoms with Crippen LogP contribution in [-0.4, -0.2) is 54.5 Å². The van der Waals surface area contributed by atoms with Crippen LogP contribution < -0.4 is 4.90 Å². The minimum Gasteiger partial charge on any atom is -0.466 e. The number of piperidine rings is 1. The molecule has 0 aliphatic carbocycles. The third kappa shape index (κ3) is 4.22. The summed E-state index contributed by atoms with van der Waals surface area (Å²) in [6.45, 7) is 6.48. The Morgan fingerprint density at radius 3 is 2.88 bits per heavy atom. The molecular formula is C19H25N3O3S. The van der Waals surface area contributed by atoms with E-state index in [1.54, 1.807) is 4.90 Å². The number of hydrogen-bond acceptors (Lipinski definition) is 6. The Hall–Kier alpha value is -1.99. The van der Waals surface area contributed by atoms with Crippen molar-refractivity contribution < 1.29 is 14.3 Å². The van der Waals surface area contributed by atoms with Crippen LogP contribution in [0.2, 0.25) is 0 Å². The van der Waals surface area contributed by atoms with Gasteiger partial charge in [-0.05, 0) is 45.4 Å². The van der Waals surface area contributed by atoms with Gasteiger partial charge in [-0.25, -0.2) is 4.98 Å². The molecule has 140 valence electrons. The third-order valence-electron chi connectivity index (χ3n) is 4.62. The minimum atomic E-state index is -0.150. The molecule has 1 amide bonds. The number of ether oxygens (including phenoxy) is 1. The van der Waals surface area contributed by atoms with Crippen molar-refractivity contribution in [3.63, 3.8) is 0 Å². The summed E-state index contributed by atoms with van der Waals surface area (Å²) >= 11 is 1.53. The molecule has 1 unspecified atom stereocenters. The van der Waals surface area contributed by atoms with Gasteiger partial charge >= 0.3 is 5.97 Å². The zero-order valence-electron chi connectivity index (χ0n) is 15.3. The second-order valence-corrected chi connectivity index (χ2v) is 7.44. The Kier molecular flexibility index (Phi) is 6.21. The van der Waals surface area contributed by atoms with Crippen LogP contribution in [0.5, 0.6) is 0 Å². The number of likely N-dealkylation sites (N-methyl/N-ethyl adjacent to an activating group) is 1. The number of rotatable bonds is 6. The number of hydrogen-bond donors (Lipinski definition) is 0. The highest BCUT2D eigenvalue weighted by Gasteiger charge is 2.29. The summed E-state index contributed by atoms with van der Waals surface area (Å²) in [6, 6.07) is 7.91. The number of para-hydroxylation sites is 1. The molecule has 0 spiro atoms. The van der Waals surface area contributed by atoms with Crippen molar-refractivity contribution in [2.24, 2.45) is 5.92 Å². The summed E-state index contributed by atoms with van der Waals surface area (Å²) in [6.07, 6.45) is 1.74. The molecular weight excluding hydrogens is 350 g/mol. The Morgan fingerprint density at radius 2 is 2.15 bits per heavy atom. The SMILES string of the molecule is CCOC(=O)C1CCCN(CC(=O)N(CC)c2nc3ccccc3s2)C1. The fourth-order valence-electron chi connectivity index (χ4n) is 3.32. The van der Waals surface area contributed by atoms with Crippen LogP contribution in [0.1, 0.15) is 26.7 Å². The van der Waals surface area contributed by atoms with Gasteiger partial charge in [-0.1, -0.05) is 23.5 Å². The molecule has 0 N–H and O–H groups in total. The maximum atomic E-state index is 12.9. The van der Waals surface area contributed by atoms with Gasteiger partial charge in [0.25, 0.3) is 0 Å². The van der Waals surface area contributed by atoms with Crippen molar-refractivity contribution in [1.82, 2.24) is 9.88 Å². The summed E-state index contributed by atoms with van der Waals surface area (Å²) in [5.41, 5.74) is 0.916. The standard InChI is InChI=1S/C19H25N3O3S/c1-3-22(19-20-15-9-5-6-10-16(15)26-19)17(23)13-21-11-7-8-14(12-21)18(24)25-4-2/h5-6,9-10,14H,3-4,7-8,11-13H2,1-2H3. The molecule has 1 fully saturated rings. The number of benzene rings is 1. The van der Waals surface area contributed by atoms with Crippen LogP contribution in [0, 0.1) is 5.92 Å². The smallest absolute Gasteiger partial charge is 0.310 e. The van der Waals surface area contributed by atoms with Crippen LogP contribution in [0.4, 0.5) is 5.13 Å². The van der Waals surface area contributed by atoms with Gasteiger partial charge in [-0.3, -0.25) is 19.4 Å². The summed E-state index contributed by atoms with van der Waals surface area (Å²) in [5, 5.41) is 0.734. The number of aromatic nitrogens is 1. The normalized spacial score (nSPS) is 18.0. The van der Waals surface area contributed by atoms with Crippen LogP contribution in [0.3, 0.4) is 0 Å². The molecule has 0 radical (unpaired) electrons. The lowest BCUT2D eigenvalue weighted by molar-refractivity contribution is -0.150. The van der Waals surface area contributed by atoms with Gasteiger partial charge in [0.1, 0.15) is 0 Å². The number of thiazole rings is 1. The molecule has 7 heteroatoms. The lowest BCUT2D eigenvalue weighted by Crippen LogP contribution is -2.46. The summed E-state index contributed by atoms with van der Waals surface area (Å²) in [7, 11) is 0. The summed E-state index contributed by atoms with van der Waals surface area (Å²) in [4.78, 5) is 33.2. The lowest BCUT2D eigenvalue weighted by Gasteiger charge is -2.32. The molecule has 0 bridgehead atoms. The molecule has 1 atom stereocenters. The molecule has 0 saturated carbocycles. The predicted octanol–water partition coefficient (Wildman–Crippen LogP) is 2.92. The quantitative estimate of drug-likeness (QED) is 0.727. The van der Waals surface area contributed by atoms with E-state index >= 15 is 0 Å². The first-order valence-electron chi connectivity index (χ1n) is 9.17. The van der Waals surface area contributed by atoms with E-state index in [-0.39, 0.29) is 17.8 Å². The number of carbonyl (C=O) groups is 2. The molecule has 1 saturated heterocycles. The fourth-order valence-corrected chi connectivity index (χ4v) is 4.37. The zero-order chi connectivity index (χ0) is 18.5. The molecule has 1 aliphatic heterocycles. The van der Waals surface area contributed by atoms with E-state index < -0.39 is 0 Å². The van der Waals surface area contributed by atoms with Gasteiger partial charge in [0.2, 0.25) is 5.91 Å². The Labute approximate surface area is 157 Å². The van der Waals surface area contributed by atoms with Gasteiger partial charge in [-0.2, -0.15) is 0 Å². The highest BCUT2D eigenvalue weighted by atomic mass is 32.1. The van der Waals surface area contributed by atoms with Crippen LogP contribution in [0.25, 0.3) is 10.2 Å². The van der Waals surface area contributed by atoms with Crippen LogP contribution >= 0.6 is 11.3 Å². The van der Waals surface area contributed by atoms with Crippen LogP contribution in [0.15, 0.2) is 24.3 Å². The van der Waals surface area contributed by atoms with Crippen LogP contribution in [-0.2, 0) is 14.3 Å². The number of fused-ring (bicyclic) bond motifs is 1. The van der Waals surface area contributed by atoms with Crippen molar-refractivity contribution in [2.75, 3.05) is 37.7 Å². The number of nitrogens with zero attached hydrogens (tertiary/aromatic N) is 3. The maximum absolute atomic E-state index is 12.9. The summed E-state index contributed by atoms with van der Waals surface area (Å²) < 4.78 is 6.21. The van der Waals surface area contributed by atoms with Crippen molar-refractivity contribution in [3.8, 4) is 0 Å². The maximum Gasteiger partial charge on any atom is 0.310 e. The molecule has 1 aromatic carbocycles. The first-order chi connectivity index (χ1) is 12.6. The van der Waals surface area contributed by atoms with Crippen molar-refractivity contribution in [2.45, 2.75) is 26.7 Å². The first kappa shape index (κ1) is 18.8. The second kappa shape index (κ2) is 8.60. The number of amides is 1. The highest BCUT2D eigenvalue weighted by Crippen LogP contribution is 2.28. The van der Waals surface area contributed by atoms with E-state index in [9.17, 15) is 9.59 Å². The minimum absolute atomic E-state index is 0.0241.